The molecule has 0 fully saturated rings. The average Bonchev–Trinajstić information content (AvgIpc) is 2.84. The number of unbranched alkanes of at least 4 members (excludes halogenated alkanes) is 14. The van der Waals surface area contributed by atoms with Gasteiger partial charge in [0, 0.05) is 18.9 Å². The van der Waals surface area contributed by atoms with Gasteiger partial charge in [-0.25, -0.2) is 0 Å². The molecule has 0 aromatic carbocycles. The second-order valence-electron chi connectivity index (χ2n) is 14.4. The Bertz CT molecular complexity index is 551. The van der Waals surface area contributed by atoms with E-state index >= 15 is 0 Å². The number of carbonyl (C=O) groups excluding carboxylic acids is 1. The average molecular weight is 553 g/mol. The molecule has 0 amide bonds. The Hall–Kier alpha value is -0.153. The minimum atomic E-state index is -1.74. The SMILES string of the molecule is CCCCCCCCCCCCCCCC[C@H](C)CCCCC(=O)CC[C@H](C)[C@@H](C)O[Si](C)(C)C(C)(C)C. The molecular formula is C35H72O2Si. The van der Waals surface area contributed by atoms with E-state index in [1.54, 1.807) is 0 Å². The van der Waals surface area contributed by atoms with E-state index < -0.39 is 8.32 Å². The van der Waals surface area contributed by atoms with Gasteiger partial charge in [0.2, 0.25) is 0 Å². The first-order chi connectivity index (χ1) is 17.9. The van der Waals surface area contributed by atoms with Gasteiger partial charge >= 0.3 is 0 Å². The third-order valence-corrected chi connectivity index (χ3v) is 14.0. The summed E-state index contributed by atoms with van der Waals surface area (Å²) in [5, 5.41) is 0.236. The molecule has 0 radical (unpaired) electrons. The highest BCUT2D eigenvalue weighted by molar-refractivity contribution is 6.74. The molecule has 0 aromatic rings. The predicted molar refractivity (Wildman–Crippen MR) is 174 cm³/mol. The van der Waals surface area contributed by atoms with E-state index in [0.717, 1.165) is 31.6 Å². The Morgan fingerprint density at radius 1 is 0.632 bits per heavy atom. The normalized spacial score (nSPS) is 15.0. The molecule has 2 nitrogen and oxygen atoms in total. The molecular weight excluding hydrogens is 480 g/mol. The number of rotatable bonds is 26. The lowest BCUT2D eigenvalue weighted by molar-refractivity contribution is -0.119. The van der Waals surface area contributed by atoms with Crippen molar-refractivity contribution in [3.63, 3.8) is 0 Å². The van der Waals surface area contributed by atoms with E-state index in [2.05, 4.69) is 61.6 Å². The van der Waals surface area contributed by atoms with Gasteiger partial charge in [-0.15, -0.1) is 0 Å². The van der Waals surface area contributed by atoms with Crippen LogP contribution in [0.2, 0.25) is 18.1 Å². The monoisotopic (exact) mass is 553 g/mol. The summed E-state index contributed by atoms with van der Waals surface area (Å²) in [7, 11) is -1.74. The molecule has 0 aliphatic heterocycles. The Kier molecular flexibility index (Phi) is 22.4. The second-order valence-corrected chi connectivity index (χ2v) is 19.1. The molecule has 0 aromatic heterocycles. The van der Waals surface area contributed by atoms with Gasteiger partial charge in [-0.1, -0.05) is 151 Å². The van der Waals surface area contributed by atoms with Crippen molar-refractivity contribution in [3.05, 3.63) is 0 Å². The van der Waals surface area contributed by atoms with Crippen molar-refractivity contribution in [2.45, 2.75) is 208 Å². The fourth-order valence-corrected chi connectivity index (χ4v) is 6.67. The summed E-state index contributed by atoms with van der Waals surface area (Å²) in [6.45, 7) is 20.7. The molecule has 0 aliphatic carbocycles. The summed E-state index contributed by atoms with van der Waals surface area (Å²) in [6, 6.07) is 0. The lowest BCUT2D eigenvalue weighted by Crippen LogP contribution is -2.44. The number of ketones is 1. The first-order valence-corrected chi connectivity index (χ1v) is 20.0. The largest absolute Gasteiger partial charge is 0.414 e. The summed E-state index contributed by atoms with van der Waals surface area (Å²) in [5.41, 5.74) is 0. The van der Waals surface area contributed by atoms with Gasteiger partial charge < -0.3 is 4.43 Å². The van der Waals surface area contributed by atoms with Crippen molar-refractivity contribution in [1.82, 2.24) is 0 Å². The highest BCUT2D eigenvalue weighted by Gasteiger charge is 2.39. The zero-order valence-electron chi connectivity index (χ0n) is 27.9. The highest BCUT2D eigenvalue weighted by atomic mass is 28.4. The fraction of sp³-hybridized carbons (Fsp3) is 0.971. The summed E-state index contributed by atoms with van der Waals surface area (Å²) in [4.78, 5) is 12.4. The molecule has 0 heterocycles. The van der Waals surface area contributed by atoms with Crippen LogP contribution in [0.4, 0.5) is 0 Å². The van der Waals surface area contributed by atoms with Crippen LogP contribution in [0.25, 0.3) is 0 Å². The molecule has 0 saturated heterocycles. The van der Waals surface area contributed by atoms with Crippen LogP contribution < -0.4 is 0 Å². The van der Waals surface area contributed by atoms with Crippen LogP contribution in [0.3, 0.4) is 0 Å². The van der Waals surface area contributed by atoms with Gasteiger partial charge in [-0.05, 0) is 49.7 Å². The number of carbonyl (C=O) groups is 1. The Morgan fingerprint density at radius 2 is 1.05 bits per heavy atom. The van der Waals surface area contributed by atoms with Gasteiger partial charge in [-0.2, -0.15) is 0 Å². The molecule has 228 valence electrons. The molecule has 0 aliphatic rings. The Balaban J connectivity index is 3.62. The van der Waals surface area contributed by atoms with E-state index in [1.807, 2.05) is 0 Å². The van der Waals surface area contributed by atoms with E-state index in [1.165, 1.54) is 109 Å². The summed E-state index contributed by atoms with van der Waals surface area (Å²) in [6.07, 6.45) is 27.7. The number of hydrogen-bond acceptors (Lipinski definition) is 2. The van der Waals surface area contributed by atoms with Gasteiger partial charge in [-0.3, -0.25) is 4.79 Å². The van der Waals surface area contributed by atoms with Gasteiger partial charge in [0.15, 0.2) is 8.32 Å². The third kappa shape index (κ3) is 20.7. The molecule has 0 N–H and O–H groups in total. The van der Waals surface area contributed by atoms with E-state index in [4.69, 9.17) is 4.43 Å². The molecule has 38 heavy (non-hydrogen) atoms. The Labute approximate surface area is 242 Å². The maximum absolute atomic E-state index is 12.4. The smallest absolute Gasteiger partial charge is 0.192 e. The quantitative estimate of drug-likeness (QED) is 0.0787. The predicted octanol–water partition coefficient (Wildman–Crippen LogP) is 12.4. The van der Waals surface area contributed by atoms with Crippen LogP contribution in [0, 0.1) is 11.8 Å². The first-order valence-electron chi connectivity index (χ1n) is 17.1. The van der Waals surface area contributed by atoms with Crippen molar-refractivity contribution in [3.8, 4) is 0 Å². The van der Waals surface area contributed by atoms with Crippen molar-refractivity contribution in [1.29, 1.82) is 0 Å². The van der Waals surface area contributed by atoms with Crippen LogP contribution in [0.1, 0.15) is 183 Å². The van der Waals surface area contributed by atoms with Crippen molar-refractivity contribution in [2.24, 2.45) is 11.8 Å². The van der Waals surface area contributed by atoms with Crippen molar-refractivity contribution >= 4 is 14.1 Å². The fourth-order valence-electron chi connectivity index (χ4n) is 5.15. The van der Waals surface area contributed by atoms with Gasteiger partial charge in [0.05, 0.1) is 0 Å². The standard InChI is InChI=1S/C35H72O2Si/c1-10-11-12-13-14-15-16-17-18-19-20-21-22-23-26-31(2)27-24-25-28-34(36)30-29-32(3)33(4)37-38(8,9)35(5,6)7/h31-33H,10-30H2,1-9H3/t31-,32-,33+/m0/s1. The van der Waals surface area contributed by atoms with Crippen LogP contribution in [-0.2, 0) is 9.22 Å². The van der Waals surface area contributed by atoms with E-state index in [-0.39, 0.29) is 11.1 Å². The van der Waals surface area contributed by atoms with Gasteiger partial charge in [0.25, 0.3) is 0 Å². The van der Waals surface area contributed by atoms with Crippen LogP contribution in [0.15, 0.2) is 0 Å². The summed E-state index contributed by atoms with van der Waals surface area (Å²) in [5.74, 6) is 1.71. The lowest BCUT2D eigenvalue weighted by Gasteiger charge is -2.40. The maximum atomic E-state index is 12.4. The summed E-state index contributed by atoms with van der Waals surface area (Å²) < 4.78 is 6.54. The van der Waals surface area contributed by atoms with E-state index in [9.17, 15) is 4.79 Å². The number of hydrogen-bond donors (Lipinski definition) is 0. The van der Waals surface area contributed by atoms with Crippen LogP contribution in [0.5, 0.6) is 0 Å². The topological polar surface area (TPSA) is 26.3 Å². The minimum Gasteiger partial charge on any atom is -0.414 e. The minimum absolute atomic E-state index is 0.236. The molecule has 0 rings (SSSR count). The van der Waals surface area contributed by atoms with Crippen molar-refractivity contribution < 1.29 is 9.22 Å². The maximum Gasteiger partial charge on any atom is 0.192 e. The molecule has 0 spiro atoms. The molecule has 0 unspecified atom stereocenters. The summed E-state index contributed by atoms with van der Waals surface area (Å²) >= 11 is 0. The van der Waals surface area contributed by atoms with E-state index in [0.29, 0.717) is 11.7 Å². The molecule has 3 heteroatoms. The second kappa shape index (κ2) is 22.5. The lowest BCUT2D eigenvalue weighted by atomic mass is 9.94. The van der Waals surface area contributed by atoms with Crippen molar-refractivity contribution in [2.75, 3.05) is 0 Å². The van der Waals surface area contributed by atoms with Gasteiger partial charge in [0.1, 0.15) is 5.78 Å². The van der Waals surface area contributed by atoms with Crippen LogP contribution >= 0.6 is 0 Å². The zero-order valence-corrected chi connectivity index (χ0v) is 28.9. The Morgan fingerprint density at radius 3 is 1.50 bits per heavy atom. The molecule has 3 atom stereocenters. The highest BCUT2D eigenvalue weighted by Crippen LogP contribution is 2.38. The molecule has 0 saturated carbocycles. The molecule has 0 bridgehead atoms. The third-order valence-electron chi connectivity index (χ3n) is 9.42. The first kappa shape index (κ1) is 37.8. The number of Topliss-reactive ketones (excluding diaryl/α,β-unsaturated/α-hetero) is 1. The zero-order chi connectivity index (χ0) is 28.9. The van der Waals surface area contributed by atoms with Crippen LogP contribution in [-0.4, -0.2) is 20.2 Å².